The average molecular weight is 237 g/mol. The highest BCUT2D eigenvalue weighted by Crippen LogP contribution is 2.18. The van der Waals surface area contributed by atoms with E-state index in [-0.39, 0.29) is 0 Å². The minimum absolute atomic E-state index is 0.427. The highest BCUT2D eigenvalue weighted by atomic mass is 15.1. The van der Waals surface area contributed by atoms with Crippen LogP contribution in [0.2, 0.25) is 0 Å². The molecular weight excluding hydrogens is 210 g/mol. The van der Waals surface area contributed by atoms with Gasteiger partial charge in [-0.15, -0.1) is 0 Å². The van der Waals surface area contributed by atoms with E-state index >= 15 is 0 Å². The zero-order chi connectivity index (χ0) is 12.5. The van der Waals surface area contributed by atoms with Crippen molar-refractivity contribution in [1.82, 2.24) is 14.9 Å². The van der Waals surface area contributed by atoms with E-state index in [4.69, 9.17) is 0 Å². The zero-order valence-corrected chi connectivity index (χ0v) is 11.6. The monoisotopic (exact) mass is 237 g/mol. The topological polar surface area (TPSA) is 29.9 Å². The van der Waals surface area contributed by atoms with Gasteiger partial charge in [-0.25, -0.2) is 4.98 Å². The zero-order valence-electron chi connectivity index (χ0n) is 11.6. The fraction of sp³-hybridized carbons (Fsp3) is 0.786. The lowest BCUT2D eigenvalue weighted by Gasteiger charge is -2.19. The first-order chi connectivity index (χ1) is 8.33. The smallest absolute Gasteiger partial charge is 0.125 e. The molecule has 98 valence electrons. The Hall–Kier alpha value is -0.830. The highest BCUT2D eigenvalue weighted by molar-refractivity contribution is 4.99. The second-order valence-corrected chi connectivity index (χ2v) is 4.57. The standard InChI is InChI=1S/C14H27N3/c1-4-7-8-9-13(15-10-5-2)14-16-11-12-17(14)6-3/h11-13,15H,4-10H2,1-3H3. The fourth-order valence-electron chi connectivity index (χ4n) is 2.14. The second-order valence-electron chi connectivity index (χ2n) is 4.57. The van der Waals surface area contributed by atoms with Crippen molar-refractivity contribution in [2.75, 3.05) is 6.54 Å². The molecule has 1 unspecified atom stereocenters. The van der Waals surface area contributed by atoms with E-state index in [0.717, 1.165) is 13.1 Å². The van der Waals surface area contributed by atoms with E-state index in [2.05, 4.69) is 41.8 Å². The molecular formula is C14H27N3. The first-order valence-electron chi connectivity index (χ1n) is 7.07. The van der Waals surface area contributed by atoms with Crippen molar-refractivity contribution in [1.29, 1.82) is 0 Å². The van der Waals surface area contributed by atoms with E-state index in [1.165, 1.54) is 37.9 Å². The Bertz CT molecular complexity index is 293. The van der Waals surface area contributed by atoms with Crippen LogP contribution in [0.25, 0.3) is 0 Å². The Morgan fingerprint density at radius 1 is 1.24 bits per heavy atom. The molecule has 3 heteroatoms. The Kier molecular flexibility index (Phi) is 6.94. The molecule has 0 fully saturated rings. The first-order valence-corrected chi connectivity index (χ1v) is 7.07. The van der Waals surface area contributed by atoms with Crippen LogP contribution >= 0.6 is 0 Å². The minimum atomic E-state index is 0.427. The molecule has 0 saturated carbocycles. The van der Waals surface area contributed by atoms with Gasteiger partial charge in [0.15, 0.2) is 0 Å². The van der Waals surface area contributed by atoms with Gasteiger partial charge in [0.05, 0.1) is 6.04 Å². The van der Waals surface area contributed by atoms with Crippen molar-refractivity contribution in [2.24, 2.45) is 0 Å². The van der Waals surface area contributed by atoms with Crippen LogP contribution in [-0.4, -0.2) is 16.1 Å². The highest BCUT2D eigenvalue weighted by Gasteiger charge is 2.14. The molecule has 0 spiro atoms. The maximum atomic E-state index is 4.52. The number of nitrogens with zero attached hydrogens (tertiary/aromatic N) is 2. The summed E-state index contributed by atoms with van der Waals surface area (Å²) in [5.41, 5.74) is 0. The summed E-state index contributed by atoms with van der Waals surface area (Å²) in [5, 5.41) is 3.62. The Labute approximate surface area is 106 Å². The van der Waals surface area contributed by atoms with Crippen molar-refractivity contribution in [3.8, 4) is 0 Å². The van der Waals surface area contributed by atoms with Crippen molar-refractivity contribution in [3.05, 3.63) is 18.2 Å². The van der Waals surface area contributed by atoms with E-state index in [9.17, 15) is 0 Å². The molecule has 1 atom stereocenters. The SMILES string of the molecule is CCCCCC(NCCC)c1nccn1CC. The number of aromatic nitrogens is 2. The molecule has 17 heavy (non-hydrogen) atoms. The predicted octanol–water partition coefficient (Wildman–Crippen LogP) is 3.52. The van der Waals surface area contributed by atoms with Gasteiger partial charge in [0.2, 0.25) is 0 Å². The van der Waals surface area contributed by atoms with Gasteiger partial charge in [0.1, 0.15) is 5.82 Å². The van der Waals surface area contributed by atoms with Gasteiger partial charge in [0, 0.05) is 18.9 Å². The molecule has 0 bridgehead atoms. The molecule has 0 saturated heterocycles. The molecule has 1 rings (SSSR count). The summed E-state index contributed by atoms with van der Waals surface area (Å²) in [6.07, 6.45) is 10.3. The summed E-state index contributed by atoms with van der Waals surface area (Å²) in [6, 6.07) is 0.427. The van der Waals surface area contributed by atoms with Crippen LogP contribution in [0, 0.1) is 0 Å². The van der Waals surface area contributed by atoms with Crippen LogP contribution in [0.3, 0.4) is 0 Å². The molecule has 3 nitrogen and oxygen atoms in total. The van der Waals surface area contributed by atoms with Gasteiger partial charge in [-0.1, -0.05) is 33.1 Å². The number of hydrogen-bond donors (Lipinski definition) is 1. The van der Waals surface area contributed by atoms with Crippen LogP contribution in [-0.2, 0) is 6.54 Å². The van der Waals surface area contributed by atoms with E-state index < -0.39 is 0 Å². The third-order valence-electron chi connectivity index (χ3n) is 3.14. The van der Waals surface area contributed by atoms with Gasteiger partial charge in [0.25, 0.3) is 0 Å². The number of rotatable bonds is 9. The maximum absolute atomic E-state index is 4.52. The van der Waals surface area contributed by atoms with Gasteiger partial charge < -0.3 is 9.88 Å². The second kappa shape index (κ2) is 8.29. The summed E-state index contributed by atoms with van der Waals surface area (Å²) >= 11 is 0. The number of hydrogen-bond acceptors (Lipinski definition) is 2. The molecule has 0 aliphatic rings. The molecule has 0 radical (unpaired) electrons. The third kappa shape index (κ3) is 4.50. The summed E-state index contributed by atoms with van der Waals surface area (Å²) in [4.78, 5) is 4.52. The van der Waals surface area contributed by atoms with Gasteiger partial charge in [-0.3, -0.25) is 0 Å². The van der Waals surface area contributed by atoms with Crippen LogP contribution in [0.15, 0.2) is 12.4 Å². The van der Waals surface area contributed by atoms with Crippen molar-refractivity contribution in [3.63, 3.8) is 0 Å². The van der Waals surface area contributed by atoms with Gasteiger partial charge >= 0.3 is 0 Å². The van der Waals surface area contributed by atoms with E-state index in [0.29, 0.717) is 6.04 Å². The summed E-state index contributed by atoms with van der Waals surface area (Å²) < 4.78 is 2.25. The molecule has 0 aliphatic carbocycles. The van der Waals surface area contributed by atoms with Gasteiger partial charge in [-0.2, -0.15) is 0 Å². The molecule has 0 aliphatic heterocycles. The van der Waals surface area contributed by atoms with Crippen molar-refractivity contribution in [2.45, 2.75) is 65.5 Å². The predicted molar refractivity (Wildman–Crippen MR) is 73.1 cm³/mol. The number of unbranched alkanes of at least 4 members (excludes halogenated alkanes) is 2. The Morgan fingerprint density at radius 2 is 2.06 bits per heavy atom. The van der Waals surface area contributed by atoms with Crippen LogP contribution < -0.4 is 5.32 Å². The molecule has 1 aromatic heterocycles. The van der Waals surface area contributed by atoms with Crippen molar-refractivity contribution >= 4 is 0 Å². The first kappa shape index (κ1) is 14.2. The molecule has 1 N–H and O–H groups in total. The van der Waals surface area contributed by atoms with Crippen LogP contribution in [0.4, 0.5) is 0 Å². The average Bonchev–Trinajstić information content (AvgIpc) is 2.81. The molecule has 1 aromatic rings. The lowest BCUT2D eigenvalue weighted by Crippen LogP contribution is -2.25. The lowest BCUT2D eigenvalue weighted by atomic mass is 10.1. The maximum Gasteiger partial charge on any atom is 0.125 e. The Balaban J connectivity index is 2.60. The summed E-state index contributed by atoms with van der Waals surface area (Å²) in [5.74, 6) is 1.21. The quantitative estimate of drug-likeness (QED) is 0.666. The van der Waals surface area contributed by atoms with Crippen LogP contribution in [0.1, 0.15) is 64.7 Å². The minimum Gasteiger partial charge on any atom is -0.334 e. The molecule has 0 aromatic carbocycles. The normalized spacial score (nSPS) is 12.9. The van der Waals surface area contributed by atoms with Gasteiger partial charge in [-0.05, 0) is 26.3 Å². The number of imidazole rings is 1. The molecule has 0 amide bonds. The Morgan fingerprint density at radius 3 is 2.71 bits per heavy atom. The lowest BCUT2D eigenvalue weighted by molar-refractivity contribution is 0.439. The van der Waals surface area contributed by atoms with Crippen molar-refractivity contribution < 1.29 is 0 Å². The summed E-state index contributed by atoms with van der Waals surface area (Å²) in [7, 11) is 0. The van der Waals surface area contributed by atoms with E-state index in [1.54, 1.807) is 0 Å². The molecule has 1 heterocycles. The fourth-order valence-corrected chi connectivity index (χ4v) is 2.14. The van der Waals surface area contributed by atoms with E-state index in [1.807, 2.05) is 6.20 Å². The number of aryl methyl sites for hydroxylation is 1. The third-order valence-corrected chi connectivity index (χ3v) is 3.14. The number of nitrogens with one attached hydrogen (secondary N) is 1. The largest absolute Gasteiger partial charge is 0.334 e. The summed E-state index contributed by atoms with van der Waals surface area (Å²) in [6.45, 7) is 8.72. The van der Waals surface area contributed by atoms with Crippen LogP contribution in [0.5, 0.6) is 0 Å².